The van der Waals surface area contributed by atoms with Crippen LogP contribution in [-0.4, -0.2) is 53.2 Å². The molecular formula is C23H28N4O3S. The lowest BCUT2D eigenvalue weighted by Crippen LogP contribution is -2.43. The maximum Gasteiger partial charge on any atom is 0.243 e. The van der Waals surface area contributed by atoms with Gasteiger partial charge < -0.3 is 9.47 Å². The van der Waals surface area contributed by atoms with E-state index < -0.39 is 10.0 Å². The molecule has 0 atom stereocenters. The molecule has 0 aliphatic carbocycles. The highest BCUT2D eigenvalue weighted by Gasteiger charge is 2.33. The minimum absolute atomic E-state index is 0.0477. The molecule has 1 amide bonds. The quantitative estimate of drug-likeness (QED) is 0.590. The van der Waals surface area contributed by atoms with E-state index in [9.17, 15) is 13.2 Å². The van der Waals surface area contributed by atoms with Crippen molar-refractivity contribution in [2.24, 2.45) is 5.92 Å². The number of amides is 1. The molecule has 4 rings (SSSR count). The molecule has 0 radical (unpaired) electrons. The van der Waals surface area contributed by atoms with Crippen LogP contribution in [0, 0.1) is 5.92 Å². The molecule has 2 heterocycles. The molecule has 0 spiro atoms. The lowest BCUT2D eigenvalue weighted by atomic mass is 9.96. The summed E-state index contributed by atoms with van der Waals surface area (Å²) in [4.78, 5) is 19.8. The predicted octanol–water partition coefficient (Wildman–Crippen LogP) is 3.12. The number of fused-ring (bicyclic) bond motifs is 1. The number of carbonyl (C=O) groups is 1. The first-order valence-electron chi connectivity index (χ1n) is 10.7. The Bertz CT molecular complexity index is 1170. The average molecular weight is 441 g/mol. The van der Waals surface area contributed by atoms with Gasteiger partial charge in [0.15, 0.2) is 0 Å². The number of imidazole rings is 1. The van der Waals surface area contributed by atoms with Crippen LogP contribution in [0.3, 0.4) is 0 Å². The van der Waals surface area contributed by atoms with Gasteiger partial charge in [-0.3, -0.25) is 4.79 Å². The number of aryl methyl sites for hydroxylation is 1. The van der Waals surface area contributed by atoms with Crippen molar-refractivity contribution in [3.05, 3.63) is 60.4 Å². The van der Waals surface area contributed by atoms with E-state index >= 15 is 0 Å². The largest absolute Gasteiger partial charge is 0.338 e. The minimum Gasteiger partial charge on any atom is -0.338 e. The Balaban J connectivity index is 1.41. The predicted molar refractivity (Wildman–Crippen MR) is 120 cm³/mol. The van der Waals surface area contributed by atoms with Gasteiger partial charge in [0.1, 0.15) is 5.82 Å². The molecule has 0 bridgehead atoms. The number of piperidine rings is 1. The molecule has 0 unspecified atom stereocenters. The minimum atomic E-state index is -3.51. The van der Waals surface area contributed by atoms with Gasteiger partial charge in [-0.2, -0.15) is 4.31 Å². The number of hydrogen-bond acceptors (Lipinski definition) is 4. The number of sulfonamides is 1. The maximum atomic E-state index is 13.1. The smallest absolute Gasteiger partial charge is 0.243 e. The number of benzene rings is 2. The Hall–Kier alpha value is -2.71. The SMILES string of the molecule is CCn1c(CN(C)C(=O)C2CCN(S(=O)(=O)c3ccccc3)CC2)nc2ccccc21. The highest BCUT2D eigenvalue weighted by molar-refractivity contribution is 7.89. The first kappa shape index (κ1) is 21.5. The molecule has 3 aromatic rings. The van der Waals surface area contributed by atoms with Gasteiger partial charge in [0, 0.05) is 32.6 Å². The second-order valence-corrected chi connectivity index (χ2v) is 9.88. The number of hydrogen-bond donors (Lipinski definition) is 0. The van der Waals surface area contributed by atoms with E-state index in [-0.39, 0.29) is 11.8 Å². The molecule has 2 aromatic carbocycles. The fourth-order valence-corrected chi connectivity index (χ4v) is 5.78. The molecule has 1 aromatic heterocycles. The second kappa shape index (κ2) is 8.80. The lowest BCUT2D eigenvalue weighted by molar-refractivity contribution is -0.136. The third kappa shape index (κ3) is 4.22. The summed E-state index contributed by atoms with van der Waals surface area (Å²) in [6.07, 6.45) is 1.05. The number of carbonyl (C=O) groups excluding carboxylic acids is 1. The van der Waals surface area contributed by atoms with Crippen molar-refractivity contribution < 1.29 is 13.2 Å². The number of para-hydroxylation sites is 2. The Labute approximate surface area is 183 Å². The van der Waals surface area contributed by atoms with Gasteiger partial charge in [0.2, 0.25) is 15.9 Å². The summed E-state index contributed by atoms with van der Waals surface area (Å²) in [6, 6.07) is 16.4. The van der Waals surface area contributed by atoms with E-state index in [1.165, 1.54) is 4.31 Å². The second-order valence-electron chi connectivity index (χ2n) is 7.95. The van der Waals surface area contributed by atoms with Crippen LogP contribution in [0.5, 0.6) is 0 Å². The van der Waals surface area contributed by atoms with Crippen LogP contribution in [0.15, 0.2) is 59.5 Å². The van der Waals surface area contributed by atoms with Gasteiger partial charge in [-0.15, -0.1) is 0 Å². The van der Waals surface area contributed by atoms with Gasteiger partial charge in [0.05, 0.1) is 22.5 Å². The summed E-state index contributed by atoms with van der Waals surface area (Å²) in [5, 5.41) is 0. The molecule has 8 heteroatoms. The van der Waals surface area contributed by atoms with E-state index in [1.807, 2.05) is 24.3 Å². The van der Waals surface area contributed by atoms with E-state index in [0.717, 1.165) is 23.4 Å². The number of rotatable bonds is 6. The Morgan fingerprint density at radius 2 is 1.71 bits per heavy atom. The third-order valence-electron chi connectivity index (χ3n) is 5.99. The molecule has 1 saturated heterocycles. The van der Waals surface area contributed by atoms with Crippen molar-refractivity contribution in [3.8, 4) is 0 Å². The van der Waals surface area contributed by atoms with Gasteiger partial charge in [0.25, 0.3) is 0 Å². The van der Waals surface area contributed by atoms with Crippen molar-refractivity contribution >= 4 is 27.0 Å². The number of nitrogens with zero attached hydrogens (tertiary/aromatic N) is 4. The standard InChI is InChI=1S/C23H28N4O3S/c1-3-27-21-12-8-7-11-20(21)24-22(27)17-25(2)23(28)18-13-15-26(16-14-18)31(29,30)19-9-5-4-6-10-19/h4-12,18H,3,13-17H2,1-2H3. The van der Waals surface area contributed by atoms with Gasteiger partial charge >= 0.3 is 0 Å². The van der Waals surface area contributed by atoms with Crippen molar-refractivity contribution in [3.63, 3.8) is 0 Å². The van der Waals surface area contributed by atoms with Crippen molar-refractivity contribution in [1.29, 1.82) is 0 Å². The van der Waals surface area contributed by atoms with Crippen LogP contribution >= 0.6 is 0 Å². The van der Waals surface area contributed by atoms with Gasteiger partial charge in [-0.1, -0.05) is 30.3 Å². The lowest BCUT2D eigenvalue weighted by Gasteiger charge is -2.32. The van der Waals surface area contributed by atoms with E-state index in [2.05, 4.69) is 11.5 Å². The van der Waals surface area contributed by atoms with Crippen molar-refractivity contribution in [1.82, 2.24) is 18.8 Å². The van der Waals surface area contributed by atoms with Crippen LogP contribution < -0.4 is 0 Å². The highest BCUT2D eigenvalue weighted by atomic mass is 32.2. The first-order chi connectivity index (χ1) is 14.9. The topological polar surface area (TPSA) is 75.5 Å². The third-order valence-corrected chi connectivity index (χ3v) is 7.90. The van der Waals surface area contributed by atoms with Crippen molar-refractivity contribution in [2.75, 3.05) is 20.1 Å². The van der Waals surface area contributed by atoms with E-state index in [0.29, 0.717) is 37.4 Å². The van der Waals surface area contributed by atoms with Crippen LogP contribution in [0.1, 0.15) is 25.6 Å². The zero-order valence-corrected chi connectivity index (χ0v) is 18.8. The summed E-state index contributed by atoms with van der Waals surface area (Å²) in [6.45, 7) is 4.00. The monoisotopic (exact) mass is 440 g/mol. The summed E-state index contributed by atoms with van der Waals surface area (Å²) in [5.74, 6) is 0.738. The Kier molecular flexibility index (Phi) is 6.11. The van der Waals surface area contributed by atoms with Crippen LogP contribution in [0.2, 0.25) is 0 Å². The Morgan fingerprint density at radius 1 is 1.06 bits per heavy atom. The molecule has 31 heavy (non-hydrogen) atoms. The van der Waals surface area contributed by atoms with Crippen LogP contribution in [0.25, 0.3) is 11.0 Å². The fraction of sp³-hybridized carbons (Fsp3) is 0.391. The summed E-state index contributed by atoms with van der Waals surface area (Å²) in [7, 11) is -1.71. The van der Waals surface area contributed by atoms with Gasteiger partial charge in [-0.05, 0) is 44.0 Å². The van der Waals surface area contributed by atoms with Crippen LogP contribution in [0.4, 0.5) is 0 Å². The molecule has 1 aliphatic rings. The Morgan fingerprint density at radius 3 is 2.39 bits per heavy atom. The summed E-state index contributed by atoms with van der Waals surface area (Å²) in [5.41, 5.74) is 2.00. The molecule has 0 saturated carbocycles. The van der Waals surface area contributed by atoms with E-state index in [4.69, 9.17) is 4.98 Å². The molecule has 164 valence electrons. The first-order valence-corrected chi connectivity index (χ1v) is 12.1. The van der Waals surface area contributed by atoms with Gasteiger partial charge in [-0.25, -0.2) is 13.4 Å². The molecule has 1 fully saturated rings. The average Bonchev–Trinajstić information content (AvgIpc) is 3.16. The summed E-state index contributed by atoms with van der Waals surface area (Å²) < 4.78 is 29.3. The van der Waals surface area contributed by atoms with Crippen LogP contribution in [-0.2, 0) is 27.9 Å². The molecule has 1 aliphatic heterocycles. The van der Waals surface area contributed by atoms with E-state index in [1.54, 1.807) is 42.3 Å². The molecular weight excluding hydrogens is 412 g/mol. The molecule has 0 N–H and O–H groups in total. The molecule has 7 nitrogen and oxygen atoms in total. The van der Waals surface area contributed by atoms with Crippen molar-refractivity contribution in [2.45, 2.75) is 37.8 Å². The zero-order chi connectivity index (χ0) is 22.0. The zero-order valence-electron chi connectivity index (χ0n) is 17.9. The normalized spacial score (nSPS) is 15.9. The highest BCUT2D eigenvalue weighted by Crippen LogP contribution is 2.25. The maximum absolute atomic E-state index is 13.1. The summed E-state index contributed by atoms with van der Waals surface area (Å²) >= 11 is 0. The fourth-order valence-electron chi connectivity index (χ4n) is 4.29. The number of aromatic nitrogens is 2.